The van der Waals surface area contributed by atoms with Crippen molar-refractivity contribution < 1.29 is 19.4 Å². The highest BCUT2D eigenvalue weighted by Gasteiger charge is 2.15. The molecule has 3 rings (SSSR count). The van der Waals surface area contributed by atoms with E-state index in [1.807, 2.05) is 0 Å². The molecule has 162 valence electrons. The van der Waals surface area contributed by atoms with Crippen molar-refractivity contribution in [2.75, 3.05) is 17.6 Å². The molecule has 9 heteroatoms. The molecule has 7 nitrogen and oxygen atoms in total. The quantitative estimate of drug-likeness (QED) is 0.363. The van der Waals surface area contributed by atoms with Gasteiger partial charge in [0.25, 0.3) is 0 Å². The van der Waals surface area contributed by atoms with Crippen LogP contribution >= 0.6 is 11.6 Å². The van der Waals surface area contributed by atoms with Crippen LogP contribution in [0.3, 0.4) is 0 Å². The van der Waals surface area contributed by atoms with E-state index in [0.29, 0.717) is 45.3 Å². The van der Waals surface area contributed by atoms with Crippen LogP contribution in [0, 0.1) is 0 Å². The first-order valence-electron chi connectivity index (χ1n) is 9.50. The van der Waals surface area contributed by atoms with Crippen LogP contribution in [-0.2, 0) is 13.2 Å². The summed E-state index contributed by atoms with van der Waals surface area (Å²) in [6, 6.07) is 13.0. The van der Waals surface area contributed by atoms with E-state index < -0.39 is 12.8 Å². The van der Waals surface area contributed by atoms with Gasteiger partial charge in [-0.25, -0.2) is 14.2 Å². The molecule has 0 aliphatic carbocycles. The van der Waals surface area contributed by atoms with Crippen molar-refractivity contribution in [1.29, 1.82) is 0 Å². The molecule has 3 aromatic rings. The molecule has 0 aliphatic heterocycles. The maximum atomic E-state index is 13.3. The molecule has 2 aromatic carbocycles. The maximum absolute atomic E-state index is 13.3. The number of aromatic nitrogens is 1. The first-order valence-corrected chi connectivity index (χ1v) is 9.88. The number of nitrogens with two attached hydrogens (primary N) is 1. The molecule has 1 heterocycles. The average molecular weight is 445 g/mol. The third kappa shape index (κ3) is 5.16. The Kier molecular flexibility index (Phi) is 6.81. The smallest absolute Gasteiger partial charge is 0.407 e. The first kappa shape index (κ1) is 22.2. The number of hydrogen-bond acceptors (Lipinski definition) is 5. The standard InChI is InChI=1S/C22H22ClFN4O3/c1-2-28(22(30)31)12-13-3-6-19(27-21(13)25)17-10-16(5-8-20(17)29)26-18-7-4-15(23)9-14(18)11-24/h3-10,26,29H,2,11-12H2,1H3,(H2,25,27)(H,30,31). The van der Waals surface area contributed by atoms with Crippen molar-refractivity contribution in [1.82, 2.24) is 9.88 Å². The number of nitrogen functional groups attached to an aromatic ring is 1. The Morgan fingerprint density at radius 1 is 1.19 bits per heavy atom. The number of benzene rings is 2. The summed E-state index contributed by atoms with van der Waals surface area (Å²) in [5, 5.41) is 23.1. The highest BCUT2D eigenvalue weighted by atomic mass is 35.5. The fraction of sp³-hybridized carbons (Fsp3) is 0.182. The van der Waals surface area contributed by atoms with E-state index in [1.165, 1.54) is 11.0 Å². The van der Waals surface area contributed by atoms with E-state index >= 15 is 0 Å². The zero-order valence-electron chi connectivity index (χ0n) is 16.8. The zero-order chi connectivity index (χ0) is 22.5. The molecule has 0 aliphatic rings. The van der Waals surface area contributed by atoms with Crippen molar-refractivity contribution in [3.8, 4) is 17.0 Å². The predicted octanol–water partition coefficient (Wildman–Crippen LogP) is 5.40. The monoisotopic (exact) mass is 444 g/mol. The van der Waals surface area contributed by atoms with Gasteiger partial charge in [-0.3, -0.25) is 0 Å². The van der Waals surface area contributed by atoms with Crippen LogP contribution in [0.15, 0.2) is 48.5 Å². The summed E-state index contributed by atoms with van der Waals surface area (Å²) in [5.41, 5.74) is 9.02. The van der Waals surface area contributed by atoms with Gasteiger partial charge >= 0.3 is 6.09 Å². The molecule has 0 saturated carbocycles. The fourth-order valence-corrected chi connectivity index (χ4v) is 3.27. The molecule has 1 aromatic heterocycles. The number of phenols is 1. The Morgan fingerprint density at radius 2 is 1.97 bits per heavy atom. The Morgan fingerprint density at radius 3 is 2.61 bits per heavy atom. The molecule has 31 heavy (non-hydrogen) atoms. The highest BCUT2D eigenvalue weighted by molar-refractivity contribution is 6.30. The predicted molar refractivity (Wildman–Crippen MR) is 119 cm³/mol. The van der Waals surface area contributed by atoms with Crippen LogP contribution < -0.4 is 11.1 Å². The molecule has 0 fully saturated rings. The summed E-state index contributed by atoms with van der Waals surface area (Å²) in [4.78, 5) is 16.8. The molecule has 0 radical (unpaired) electrons. The van der Waals surface area contributed by atoms with Crippen LogP contribution in [0.1, 0.15) is 18.1 Å². The van der Waals surface area contributed by atoms with Gasteiger partial charge in [0.2, 0.25) is 0 Å². The number of pyridine rings is 1. The lowest BCUT2D eigenvalue weighted by Gasteiger charge is -2.18. The minimum Gasteiger partial charge on any atom is -0.507 e. The van der Waals surface area contributed by atoms with Gasteiger partial charge in [-0.15, -0.1) is 0 Å². The minimum atomic E-state index is -1.04. The Balaban J connectivity index is 1.90. The van der Waals surface area contributed by atoms with Crippen LogP contribution in [-0.4, -0.2) is 32.7 Å². The van der Waals surface area contributed by atoms with Gasteiger partial charge < -0.3 is 26.2 Å². The second-order valence-corrected chi connectivity index (χ2v) is 7.27. The molecular formula is C22H22ClFN4O3. The van der Waals surface area contributed by atoms with Crippen LogP contribution in [0.4, 0.5) is 26.4 Å². The number of halogens is 2. The second kappa shape index (κ2) is 9.53. The van der Waals surface area contributed by atoms with E-state index in [4.69, 9.17) is 17.3 Å². The highest BCUT2D eigenvalue weighted by Crippen LogP contribution is 2.34. The van der Waals surface area contributed by atoms with E-state index in [9.17, 15) is 19.4 Å². The van der Waals surface area contributed by atoms with Gasteiger partial charge in [-0.2, -0.15) is 0 Å². The fourth-order valence-electron chi connectivity index (χ4n) is 3.08. The number of carboxylic acid groups (broad SMARTS) is 1. The third-order valence-corrected chi connectivity index (χ3v) is 5.02. The summed E-state index contributed by atoms with van der Waals surface area (Å²) in [6.07, 6.45) is -1.04. The largest absolute Gasteiger partial charge is 0.507 e. The minimum absolute atomic E-state index is 0.00672. The van der Waals surface area contributed by atoms with Gasteiger partial charge in [-0.1, -0.05) is 17.7 Å². The van der Waals surface area contributed by atoms with Crippen molar-refractivity contribution in [2.24, 2.45) is 0 Å². The zero-order valence-corrected chi connectivity index (χ0v) is 17.5. The Hall–Kier alpha value is -3.52. The lowest BCUT2D eigenvalue weighted by molar-refractivity contribution is 0.145. The number of phenolic OH excluding ortho intramolecular Hbond substituents is 1. The Labute approximate surface area is 183 Å². The number of nitrogens with zero attached hydrogens (tertiary/aromatic N) is 2. The third-order valence-electron chi connectivity index (χ3n) is 4.79. The van der Waals surface area contributed by atoms with E-state index in [-0.39, 0.29) is 18.1 Å². The van der Waals surface area contributed by atoms with Crippen LogP contribution in [0.2, 0.25) is 5.02 Å². The molecule has 0 saturated heterocycles. The summed E-state index contributed by atoms with van der Waals surface area (Å²) in [5.74, 6) is 0.167. The van der Waals surface area contributed by atoms with Gasteiger partial charge in [0, 0.05) is 39.6 Å². The maximum Gasteiger partial charge on any atom is 0.407 e. The molecule has 0 unspecified atom stereocenters. The van der Waals surface area contributed by atoms with Crippen molar-refractivity contribution >= 4 is 34.9 Å². The number of carbonyl (C=O) groups is 1. The van der Waals surface area contributed by atoms with Gasteiger partial charge in [0.1, 0.15) is 18.2 Å². The van der Waals surface area contributed by atoms with Crippen LogP contribution in [0.25, 0.3) is 11.3 Å². The van der Waals surface area contributed by atoms with E-state index in [2.05, 4.69) is 10.3 Å². The van der Waals surface area contributed by atoms with Gasteiger partial charge in [0.15, 0.2) is 0 Å². The Bertz CT molecular complexity index is 1110. The number of hydrogen-bond donors (Lipinski definition) is 4. The van der Waals surface area contributed by atoms with Gasteiger partial charge in [0.05, 0.1) is 12.2 Å². The molecule has 0 spiro atoms. The summed E-state index contributed by atoms with van der Waals surface area (Å²) >= 11 is 5.93. The lowest BCUT2D eigenvalue weighted by atomic mass is 10.1. The summed E-state index contributed by atoms with van der Waals surface area (Å²) < 4.78 is 13.3. The SMILES string of the molecule is CCN(Cc1ccc(-c2cc(Nc3ccc(Cl)cc3CF)ccc2O)nc1N)C(=O)O. The van der Waals surface area contributed by atoms with Crippen molar-refractivity contribution in [2.45, 2.75) is 20.1 Å². The van der Waals surface area contributed by atoms with Gasteiger partial charge in [-0.05, 0) is 49.4 Å². The molecule has 5 N–H and O–H groups in total. The molecular weight excluding hydrogens is 423 g/mol. The lowest BCUT2D eigenvalue weighted by Crippen LogP contribution is -2.28. The normalized spacial score (nSPS) is 10.7. The van der Waals surface area contributed by atoms with Crippen LogP contribution in [0.5, 0.6) is 5.75 Å². The first-order chi connectivity index (χ1) is 14.8. The van der Waals surface area contributed by atoms with E-state index in [1.54, 1.807) is 49.4 Å². The average Bonchev–Trinajstić information content (AvgIpc) is 2.75. The topological polar surface area (TPSA) is 112 Å². The number of nitrogens with one attached hydrogen (secondary N) is 1. The summed E-state index contributed by atoms with van der Waals surface area (Å²) in [7, 11) is 0. The van der Waals surface area contributed by atoms with E-state index in [0.717, 1.165) is 0 Å². The number of amides is 1. The molecule has 0 bridgehead atoms. The second-order valence-electron chi connectivity index (χ2n) is 6.83. The number of anilines is 3. The van der Waals surface area contributed by atoms with Crippen molar-refractivity contribution in [3.63, 3.8) is 0 Å². The number of rotatable bonds is 7. The number of aromatic hydroxyl groups is 1. The molecule has 0 atom stereocenters. The molecule has 1 amide bonds. The number of alkyl halides is 1. The summed E-state index contributed by atoms with van der Waals surface area (Å²) in [6.45, 7) is 1.48. The van der Waals surface area contributed by atoms with Crippen molar-refractivity contribution in [3.05, 3.63) is 64.7 Å².